The molecule has 12 nitrogen and oxygen atoms in total. The maximum Gasteiger partial charge on any atom is 0.312 e. The highest BCUT2D eigenvalue weighted by Crippen LogP contribution is 2.38. The number of hydrogen-bond acceptors (Lipinski definition) is 9. The Morgan fingerprint density at radius 2 is 1.68 bits per heavy atom. The quantitative estimate of drug-likeness (QED) is 0.391. The van der Waals surface area contributed by atoms with E-state index in [1.165, 1.54) is 21.3 Å². The summed E-state index contributed by atoms with van der Waals surface area (Å²) in [5.41, 5.74) is 0.00953. The first kappa shape index (κ1) is 23.7. The van der Waals surface area contributed by atoms with Crippen LogP contribution in [0.4, 0.5) is 5.69 Å². The number of nitrogens with one attached hydrogen (secondary N) is 1. The Bertz CT molecular complexity index is 1060. The zero-order valence-electron chi connectivity index (χ0n) is 16.9. The number of benzene rings is 2. The molecule has 0 saturated heterocycles. The molecule has 1 amide bonds. The van der Waals surface area contributed by atoms with Gasteiger partial charge in [-0.2, -0.15) is 0 Å². The molecule has 0 atom stereocenters. The van der Waals surface area contributed by atoms with E-state index in [0.29, 0.717) is 22.8 Å². The maximum absolute atomic E-state index is 12.1. The van der Waals surface area contributed by atoms with Crippen molar-refractivity contribution in [2.75, 3.05) is 27.9 Å². The van der Waals surface area contributed by atoms with Crippen molar-refractivity contribution in [3.8, 4) is 23.0 Å². The summed E-state index contributed by atoms with van der Waals surface area (Å²) in [5.74, 6) is 0.374. The molecule has 0 aromatic heterocycles. The molecule has 0 fully saturated rings. The molecule has 168 valence electrons. The van der Waals surface area contributed by atoms with Gasteiger partial charge in [-0.3, -0.25) is 14.9 Å². The van der Waals surface area contributed by atoms with Crippen molar-refractivity contribution in [2.24, 2.45) is 5.14 Å². The highest BCUT2D eigenvalue weighted by Gasteiger charge is 2.21. The molecule has 0 radical (unpaired) electrons. The Balaban J connectivity index is 2.07. The molecule has 0 aliphatic rings. The van der Waals surface area contributed by atoms with E-state index in [1.54, 1.807) is 12.1 Å². The molecule has 2 rings (SSSR count). The van der Waals surface area contributed by atoms with Gasteiger partial charge in [0.2, 0.25) is 15.8 Å². The molecule has 0 aliphatic heterocycles. The van der Waals surface area contributed by atoms with E-state index in [4.69, 9.17) is 24.1 Å². The molecule has 0 aliphatic carbocycles. The topological polar surface area (TPSA) is 169 Å². The Morgan fingerprint density at radius 3 is 2.16 bits per heavy atom. The zero-order chi connectivity index (χ0) is 23.2. The first-order chi connectivity index (χ1) is 14.6. The molecule has 3 N–H and O–H groups in total. The fourth-order valence-electron chi connectivity index (χ4n) is 2.57. The number of primary sulfonamides is 1. The van der Waals surface area contributed by atoms with Gasteiger partial charge >= 0.3 is 5.69 Å². The van der Waals surface area contributed by atoms with Gasteiger partial charge in [0.15, 0.2) is 23.9 Å². The normalized spacial score (nSPS) is 10.8. The summed E-state index contributed by atoms with van der Waals surface area (Å²) in [4.78, 5) is 22.0. The summed E-state index contributed by atoms with van der Waals surface area (Å²) >= 11 is 0. The van der Waals surface area contributed by atoms with Crippen molar-refractivity contribution in [2.45, 2.75) is 11.4 Å². The van der Waals surface area contributed by atoms with Gasteiger partial charge in [0, 0.05) is 12.6 Å². The van der Waals surface area contributed by atoms with Gasteiger partial charge in [-0.05, 0) is 29.8 Å². The first-order valence-electron chi connectivity index (χ1n) is 8.60. The van der Waals surface area contributed by atoms with E-state index in [9.17, 15) is 23.3 Å². The minimum atomic E-state index is -4.13. The highest BCUT2D eigenvalue weighted by atomic mass is 32.2. The van der Waals surface area contributed by atoms with Gasteiger partial charge < -0.3 is 24.3 Å². The number of amides is 1. The fourth-order valence-corrected chi connectivity index (χ4v) is 3.10. The van der Waals surface area contributed by atoms with Gasteiger partial charge in [-0.1, -0.05) is 0 Å². The SMILES string of the molecule is COc1cc(CNC(=O)COc2ccc(S(N)(=O)=O)cc2[N+](=O)[O-])cc(OC)c1OC. The van der Waals surface area contributed by atoms with E-state index in [-0.39, 0.29) is 12.3 Å². The Hall–Kier alpha value is -3.58. The number of rotatable bonds is 10. The van der Waals surface area contributed by atoms with E-state index < -0.39 is 38.0 Å². The van der Waals surface area contributed by atoms with Gasteiger partial charge in [0.1, 0.15) is 0 Å². The molecule has 31 heavy (non-hydrogen) atoms. The van der Waals surface area contributed by atoms with Crippen LogP contribution in [0.5, 0.6) is 23.0 Å². The number of methoxy groups -OCH3 is 3. The summed E-state index contributed by atoms with van der Waals surface area (Å²) in [6, 6.07) is 6.17. The third-order valence-electron chi connectivity index (χ3n) is 4.03. The van der Waals surface area contributed by atoms with Gasteiger partial charge in [-0.25, -0.2) is 13.6 Å². The summed E-state index contributed by atoms with van der Waals surface area (Å²) in [6.45, 7) is -0.453. The molecule has 0 unspecified atom stereocenters. The number of carbonyl (C=O) groups excluding carboxylic acids is 1. The molecule has 0 heterocycles. The summed E-state index contributed by atoms with van der Waals surface area (Å²) in [7, 11) is 0.254. The third-order valence-corrected chi connectivity index (χ3v) is 4.94. The van der Waals surface area contributed by atoms with Crippen LogP contribution in [0.15, 0.2) is 35.2 Å². The summed E-state index contributed by atoms with van der Waals surface area (Å²) in [5, 5.41) is 18.7. The molecule has 2 aromatic rings. The molecule has 13 heteroatoms. The number of nitro benzene ring substituents is 1. The molecular formula is C18H21N3O9S. The zero-order valence-corrected chi connectivity index (χ0v) is 17.7. The van der Waals surface area contributed by atoms with Crippen LogP contribution in [-0.2, 0) is 21.4 Å². The molecular weight excluding hydrogens is 434 g/mol. The van der Waals surface area contributed by atoms with E-state index in [2.05, 4.69) is 5.32 Å². The smallest absolute Gasteiger partial charge is 0.312 e. The minimum Gasteiger partial charge on any atom is -0.493 e. The second-order valence-electron chi connectivity index (χ2n) is 6.03. The van der Waals surface area contributed by atoms with Crippen LogP contribution in [-0.4, -0.2) is 47.2 Å². The fraction of sp³-hybridized carbons (Fsp3) is 0.278. The van der Waals surface area contributed by atoms with Gasteiger partial charge in [0.05, 0.1) is 31.1 Å². The third kappa shape index (κ3) is 5.96. The number of nitrogens with two attached hydrogens (primary N) is 1. The molecule has 2 aromatic carbocycles. The summed E-state index contributed by atoms with van der Waals surface area (Å²) in [6.07, 6.45) is 0. The predicted molar refractivity (Wildman–Crippen MR) is 108 cm³/mol. The molecule has 0 saturated carbocycles. The standard InChI is InChI=1S/C18H21N3O9S/c1-27-15-6-11(7-16(28-2)18(15)29-3)9-20-17(22)10-30-14-5-4-12(31(19,25)26)8-13(14)21(23)24/h4-8H,9-10H2,1-3H3,(H,20,22)(H2,19,25,26). The van der Waals surface area contributed by atoms with Gasteiger partial charge in [0.25, 0.3) is 5.91 Å². The monoisotopic (exact) mass is 455 g/mol. The van der Waals surface area contributed by atoms with Crippen LogP contribution >= 0.6 is 0 Å². The number of ether oxygens (including phenoxy) is 4. The van der Waals surface area contributed by atoms with E-state index in [0.717, 1.165) is 18.2 Å². The first-order valence-corrected chi connectivity index (χ1v) is 10.1. The van der Waals surface area contributed by atoms with Crippen molar-refractivity contribution >= 4 is 21.6 Å². The number of sulfonamides is 1. The van der Waals surface area contributed by atoms with Crippen molar-refractivity contribution in [1.82, 2.24) is 5.32 Å². The van der Waals surface area contributed by atoms with Crippen LogP contribution in [0, 0.1) is 10.1 Å². The van der Waals surface area contributed by atoms with E-state index in [1.807, 2.05) is 0 Å². The van der Waals surface area contributed by atoms with Crippen molar-refractivity contribution in [3.05, 3.63) is 46.0 Å². The predicted octanol–water partition coefficient (Wildman–Crippen LogP) is 0.963. The van der Waals surface area contributed by atoms with Crippen molar-refractivity contribution in [3.63, 3.8) is 0 Å². The van der Waals surface area contributed by atoms with Crippen LogP contribution in [0.2, 0.25) is 0 Å². The lowest BCUT2D eigenvalue weighted by Gasteiger charge is -2.14. The minimum absolute atomic E-state index is 0.0886. The number of hydrogen-bond donors (Lipinski definition) is 2. The van der Waals surface area contributed by atoms with Crippen LogP contribution in [0.25, 0.3) is 0 Å². The number of nitrogens with zero attached hydrogens (tertiary/aromatic N) is 1. The number of nitro groups is 1. The lowest BCUT2D eigenvalue weighted by Crippen LogP contribution is -2.28. The van der Waals surface area contributed by atoms with Crippen molar-refractivity contribution < 1.29 is 37.1 Å². The largest absolute Gasteiger partial charge is 0.493 e. The highest BCUT2D eigenvalue weighted by molar-refractivity contribution is 7.89. The Labute approximate surface area is 178 Å². The lowest BCUT2D eigenvalue weighted by molar-refractivity contribution is -0.386. The second kappa shape index (κ2) is 9.95. The Kier molecular flexibility index (Phi) is 7.61. The average molecular weight is 455 g/mol. The van der Waals surface area contributed by atoms with Crippen LogP contribution in [0.3, 0.4) is 0 Å². The van der Waals surface area contributed by atoms with Gasteiger partial charge in [-0.15, -0.1) is 0 Å². The average Bonchev–Trinajstić information content (AvgIpc) is 2.74. The van der Waals surface area contributed by atoms with Crippen LogP contribution < -0.4 is 29.4 Å². The van der Waals surface area contributed by atoms with Crippen molar-refractivity contribution in [1.29, 1.82) is 0 Å². The molecule has 0 spiro atoms. The lowest BCUT2D eigenvalue weighted by atomic mass is 10.1. The summed E-state index contributed by atoms with van der Waals surface area (Å²) < 4.78 is 43.6. The van der Waals surface area contributed by atoms with E-state index >= 15 is 0 Å². The second-order valence-corrected chi connectivity index (χ2v) is 7.59. The maximum atomic E-state index is 12.1. The molecule has 0 bridgehead atoms. The number of carbonyl (C=O) groups is 1. The van der Waals surface area contributed by atoms with Crippen LogP contribution in [0.1, 0.15) is 5.56 Å². The Morgan fingerprint density at radius 1 is 1.06 bits per heavy atom.